The molecule has 0 saturated carbocycles. The molecule has 1 heterocycles. The highest BCUT2D eigenvalue weighted by molar-refractivity contribution is 7.89. The van der Waals surface area contributed by atoms with Crippen LogP contribution in [-0.4, -0.2) is 37.5 Å². The second kappa shape index (κ2) is 6.17. The van der Waals surface area contributed by atoms with Gasteiger partial charge in [0, 0.05) is 18.1 Å². The number of amides is 1. The summed E-state index contributed by atoms with van der Waals surface area (Å²) in [5, 5.41) is 2.74. The lowest BCUT2D eigenvalue weighted by atomic mass is 9.99. The van der Waals surface area contributed by atoms with E-state index in [9.17, 15) is 13.2 Å². The molecule has 1 fully saturated rings. The fourth-order valence-electron chi connectivity index (χ4n) is 2.42. The molecule has 1 N–H and O–H groups in total. The Bertz CT molecular complexity index is 673. The summed E-state index contributed by atoms with van der Waals surface area (Å²) >= 11 is 5.64. The van der Waals surface area contributed by atoms with Crippen molar-refractivity contribution in [3.63, 3.8) is 0 Å². The van der Waals surface area contributed by atoms with E-state index >= 15 is 0 Å². The first-order valence-corrected chi connectivity index (χ1v) is 8.47. The molecule has 0 unspecified atom stereocenters. The van der Waals surface area contributed by atoms with Crippen molar-refractivity contribution in [1.82, 2.24) is 9.62 Å². The number of carbonyl (C=O) groups excluding carboxylic acids is 1. The molecule has 0 radical (unpaired) electrons. The van der Waals surface area contributed by atoms with Gasteiger partial charge in [0.2, 0.25) is 15.9 Å². The van der Waals surface area contributed by atoms with E-state index in [-0.39, 0.29) is 29.8 Å². The number of hydrogen-bond donors (Lipinski definition) is 1. The van der Waals surface area contributed by atoms with Gasteiger partial charge >= 0.3 is 0 Å². The smallest absolute Gasteiger partial charge is 0.243 e. The van der Waals surface area contributed by atoms with Gasteiger partial charge in [0.25, 0.3) is 0 Å². The number of nitrogens with one attached hydrogen (secondary N) is 1. The molecule has 7 heteroatoms. The van der Waals surface area contributed by atoms with Gasteiger partial charge in [-0.3, -0.25) is 4.79 Å². The van der Waals surface area contributed by atoms with Gasteiger partial charge in [-0.05, 0) is 18.1 Å². The maximum atomic E-state index is 12.4. The second-order valence-electron chi connectivity index (χ2n) is 4.93. The molecule has 21 heavy (non-hydrogen) atoms. The Balaban J connectivity index is 2.46. The standard InChI is InChI=1S/C14H17ClN2O3S/c1-10-5-3-4-6-12(10)13-14(18)16-7-8-17(13)21(19,20)9-11(2)15/h3-6,13H,2,7-9H2,1H3,(H,16,18)/t13-/m0/s1. The van der Waals surface area contributed by atoms with Crippen LogP contribution in [0.15, 0.2) is 35.9 Å². The molecule has 0 aromatic heterocycles. The Morgan fingerprint density at radius 2 is 2.14 bits per heavy atom. The zero-order valence-electron chi connectivity index (χ0n) is 11.7. The van der Waals surface area contributed by atoms with Crippen molar-refractivity contribution >= 4 is 27.5 Å². The van der Waals surface area contributed by atoms with Crippen LogP contribution < -0.4 is 5.32 Å². The van der Waals surface area contributed by atoms with Crippen LogP contribution in [0.3, 0.4) is 0 Å². The van der Waals surface area contributed by atoms with Gasteiger partial charge in [0.05, 0.1) is 5.75 Å². The summed E-state index contributed by atoms with van der Waals surface area (Å²) in [5.74, 6) is -0.691. The largest absolute Gasteiger partial charge is 0.353 e. The molecule has 2 rings (SSSR count). The minimum atomic E-state index is -3.69. The summed E-state index contributed by atoms with van der Waals surface area (Å²) in [6, 6.07) is 6.39. The third kappa shape index (κ3) is 3.45. The van der Waals surface area contributed by atoms with Crippen LogP contribution in [0.4, 0.5) is 0 Å². The fourth-order valence-corrected chi connectivity index (χ4v) is 4.29. The third-order valence-electron chi connectivity index (χ3n) is 3.35. The highest BCUT2D eigenvalue weighted by Gasteiger charge is 2.39. The summed E-state index contributed by atoms with van der Waals surface area (Å²) in [5.41, 5.74) is 1.54. The lowest BCUT2D eigenvalue weighted by Gasteiger charge is -2.34. The number of piperazine rings is 1. The topological polar surface area (TPSA) is 66.5 Å². The van der Waals surface area contributed by atoms with Crippen molar-refractivity contribution in [3.8, 4) is 0 Å². The molecule has 0 bridgehead atoms. The van der Waals surface area contributed by atoms with Crippen LogP contribution in [0.2, 0.25) is 0 Å². The lowest BCUT2D eigenvalue weighted by molar-refractivity contribution is -0.126. The molecule has 1 aliphatic rings. The number of sulfonamides is 1. The van der Waals surface area contributed by atoms with Gasteiger partial charge in [-0.2, -0.15) is 4.31 Å². The predicted molar refractivity (Wildman–Crippen MR) is 82.4 cm³/mol. The van der Waals surface area contributed by atoms with E-state index in [2.05, 4.69) is 11.9 Å². The highest BCUT2D eigenvalue weighted by atomic mass is 35.5. The van der Waals surface area contributed by atoms with Gasteiger partial charge in [-0.25, -0.2) is 8.42 Å². The Morgan fingerprint density at radius 1 is 1.48 bits per heavy atom. The molecule has 1 saturated heterocycles. The van der Waals surface area contributed by atoms with Crippen molar-refractivity contribution in [2.45, 2.75) is 13.0 Å². The first-order chi connectivity index (χ1) is 9.83. The van der Waals surface area contributed by atoms with Crippen LogP contribution >= 0.6 is 11.6 Å². The molecule has 0 aliphatic carbocycles. The molecule has 1 atom stereocenters. The molecule has 5 nitrogen and oxygen atoms in total. The summed E-state index contributed by atoms with van der Waals surface area (Å²) < 4.78 is 26.1. The molecule has 1 aromatic carbocycles. The Labute approximate surface area is 129 Å². The summed E-state index contributed by atoms with van der Waals surface area (Å²) in [4.78, 5) is 12.2. The maximum Gasteiger partial charge on any atom is 0.243 e. The van der Waals surface area contributed by atoms with Gasteiger partial charge in [0.1, 0.15) is 6.04 Å². The minimum absolute atomic E-state index is 0.0320. The molecule has 0 spiro atoms. The van der Waals surface area contributed by atoms with Crippen molar-refractivity contribution in [2.75, 3.05) is 18.8 Å². The first kappa shape index (κ1) is 16.0. The predicted octanol–water partition coefficient (Wildman–Crippen LogP) is 1.55. The normalized spacial score (nSPS) is 20.1. The van der Waals surface area contributed by atoms with Crippen molar-refractivity contribution < 1.29 is 13.2 Å². The number of benzene rings is 1. The molecular formula is C14H17ClN2O3S. The van der Waals surface area contributed by atoms with Gasteiger partial charge in [-0.15, -0.1) is 0 Å². The number of halogens is 1. The molecule has 1 amide bonds. The van der Waals surface area contributed by atoms with E-state index in [0.29, 0.717) is 5.56 Å². The van der Waals surface area contributed by atoms with Gasteiger partial charge in [0.15, 0.2) is 0 Å². The lowest BCUT2D eigenvalue weighted by Crippen LogP contribution is -2.52. The van der Waals surface area contributed by atoms with Crippen LogP contribution in [0, 0.1) is 6.92 Å². The average Bonchev–Trinajstić information content (AvgIpc) is 2.38. The van der Waals surface area contributed by atoms with Gasteiger partial charge < -0.3 is 5.32 Å². The van der Waals surface area contributed by atoms with E-state index in [4.69, 9.17) is 11.6 Å². The van der Waals surface area contributed by atoms with Crippen molar-refractivity contribution in [2.24, 2.45) is 0 Å². The average molecular weight is 329 g/mol. The summed E-state index contributed by atoms with van der Waals surface area (Å²) in [6.07, 6.45) is 0. The molecular weight excluding hydrogens is 312 g/mol. The van der Waals surface area contributed by atoms with Crippen molar-refractivity contribution in [3.05, 3.63) is 47.0 Å². The fraction of sp³-hybridized carbons (Fsp3) is 0.357. The third-order valence-corrected chi connectivity index (χ3v) is 5.46. The van der Waals surface area contributed by atoms with E-state index in [1.54, 1.807) is 12.1 Å². The zero-order valence-corrected chi connectivity index (χ0v) is 13.2. The van der Waals surface area contributed by atoms with E-state index < -0.39 is 16.1 Å². The highest BCUT2D eigenvalue weighted by Crippen LogP contribution is 2.29. The van der Waals surface area contributed by atoms with Crippen LogP contribution in [0.25, 0.3) is 0 Å². The maximum absolute atomic E-state index is 12.4. The van der Waals surface area contributed by atoms with E-state index in [0.717, 1.165) is 5.56 Å². The quantitative estimate of drug-likeness (QED) is 0.912. The van der Waals surface area contributed by atoms with Crippen LogP contribution in [-0.2, 0) is 14.8 Å². The minimum Gasteiger partial charge on any atom is -0.353 e. The molecule has 1 aliphatic heterocycles. The number of rotatable bonds is 4. The Hall–Kier alpha value is -1.37. The number of hydrogen-bond acceptors (Lipinski definition) is 3. The van der Waals surface area contributed by atoms with Crippen LogP contribution in [0.5, 0.6) is 0 Å². The Morgan fingerprint density at radius 3 is 2.76 bits per heavy atom. The van der Waals surface area contributed by atoms with Crippen molar-refractivity contribution in [1.29, 1.82) is 0 Å². The van der Waals surface area contributed by atoms with E-state index in [1.165, 1.54) is 4.31 Å². The summed E-state index contributed by atoms with van der Waals surface area (Å²) in [6.45, 7) is 5.78. The second-order valence-corrected chi connectivity index (χ2v) is 7.39. The SMILES string of the molecule is C=C(Cl)CS(=O)(=O)N1CCNC(=O)[C@@H]1c1ccccc1C. The zero-order chi connectivity index (χ0) is 15.6. The monoisotopic (exact) mass is 328 g/mol. The van der Waals surface area contributed by atoms with Crippen LogP contribution in [0.1, 0.15) is 17.2 Å². The number of aryl methyl sites for hydroxylation is 1. The van der Waals surface area contributed by atoms with Gasteiger partial charge in [-0.1, -0.05) is 42.4 Å². The molecule has 114 valence electrons. The number of nitrogens with zero attached hydrogens (tertiary/aromatic N) is 1. The Kier molecular flexibility index (Phi) is 4.70. The molecule has 1 aromatic rings. The van der Waals surface area contributed by atoms with E-state index in [1.807, 2.05) is 19.1 Å². The number of carbonyl (C=O) groups is 1. The first-order valence-electron chi connectivity index (χ1n) is 6.49. The summed E-state index contributed by atoms with van der Waals surface area (Å²) in [7, 11) is -3.69.